The summed E-state index contributed by atoms with van der Waals surface area (Å²) in [6.45, 7) is 2.16. The van der Waals surface area contributed by atoms with E-state index >= 15 is 0 Å². The number of hydrogen-bond donors (Lipinski definition) is 1. The van der Waals surface area contributed by atoms with Crippen molar-refractivity contribution < 1.29 is 22.4 Å². The van der Waals surface area contributed by atoms with Gasteiger partial charge in [-0.15, -0.1) is 5.10 Å². The Labute approximate surface area is 180 Å². The molecule has 1 amide bonds. The highest BCUT2D eigenvalue weighted by Gasteiger charge is 2.39. The third-order valence-corrected chi connectivity index (χ3v) is 7.05. The standard InChI is InChI=1S/C21H22N4O5S/c1-14-5-11-17(12-6-14)31(27,28)25-13-3-4-18(25)19(26)22-21-24-23-20(30-21)15-7-9-16(29-2)10-8-15/h5-12,18H,3-4,13H2,1-2H3,(H,22,24,26). The molecule has 2 heterocycles. The van der Waals surface area contributed by atoms with Crippen molar-refractivity contribution in [3.63, 3.8) is 0 Å². The summed E-state index contributed by atoms with van der Waals surface area (Å²) >= 11 is 0. The van der Waals surface area contributed by atoms with Crippen molar-refractivity contribution in [2.75, 3.05) is 19.0 Å². The molecule has 0 saturated carbocycles. The van der Waals surface area contributed by atoms with Gasteiger partial charge in [0.2, 0.25) is 21.8 Å². The summed E-state index contributed by atoms with van der Waals surface area (Å²) in [4.78, 5) is 13.0. The van der Waals surface area contributed by atoms with Gasteiger partial charge in [-0.25, -0.2) is 8.42 Å². The van der Waals surface area contributed by atoms with Crippen molar-refractivity contribution in [1.29, 1.82) is 0 Å². The van der Waals surface area contributed by atoms with Gasteiger partial charge in [0.1, 0.15) is 11.8 Å². The molecule has 1 atom stereocenters. The molecule has 0 bridgehead atoms. The normalized spacial score (nSPS) is 16.9. The first-order chi connectivity index (χ1) is 14.9. The number of methoxy groups -OCH3 is 1. The number of anilines is 1. The zero-order chi connectivity index (χ0) is 22.0. The number of amides is 1. The molecule has 4 rings (SSSR count). The van der Waals surface area contributed by atoms with Gasteiger partial charge in [-0.3, -0.25) is 10.1 Å². The molecule has 162 valence electrons. The maximum absolute atomic E-state index is 13.0. The highest BCUT2D eigenvalue weighted by atomic mass is 32.2. The number of nitrogens with one attached hydrogen (secondary N) is 1. The maximum Gasteiger partial charge on any atom is 0.322 e. The second kappa shape index (κ2) is 8.48. The number of ether oxygens (including phenoxy) is 1. The molecule has 1 aromatic heterocycles. The lowest BCUT2D eigenvalue weighted by Crippen LogP contribution is -2.43. The Morgan fingerprint density at radius 1 is 1.13 bits per heavy atom. The van der Waals surface area contributed by atoms with Crippen LogP contribution in [0.4, 0.5) is 6.01 Å². The van der Waals surface area contributed by atoms with Crippen molar-refractivity contribution in [3.8, 4) is 17.2 Å². The average molecular weight is 442 g/mol. The SMILES string of the molecule is COc1ccc(-c2nnc(NC(=O)C3CCCN3S(=O)(=O)c3ccc(C)cc3)o2)cc1. The molecule has 0 radical (unpaired) electrons. The van der Waals surface area contributed by atoms with Gasteiger partial charge in [-0.2, -0.15) is 4.31 Å². The van der Waals surface area contributed by atoms with Crippen LogP contribution in [0.1, 0.15) is 18.4 Å². The van der Waals surface area contributed by atoms with Crippen LogP contribution in [0, 0.1) is 6.92 Å². The molecule has 31 heavy (non-hydrogen) atoms. The number of hydrogen-bond acceptors (Lipinski definition) is 7. The fraction of sp³-hybridized carbons (Fsp3) is 0.286. The van der Waals surface area contributed by atoms with E-state index in [0.29, 0.717) is 24.2 Å². The van der Waals surface area contributed by atoms with Crippen LogP contribution in [0.2, 0.25) is 0 Å². The van der Waals surface area contributed by atoms with Crippen LogP contribution in [0.3, 0.4) is 0 Å². The number of aromatic nitrogens is 2. The number of sulfonamides is 1. The highest BCUT2D eigenvalue weighted by molar-refractivity contribution is 7.89. The van der Waals surface area contributed by atoms with E-state index in [0.717, 1.165) is 5.56 Å². The first-order valence-corrected chi connectivity index (χ1v) is 11.2. The molecule has 0 aliphatic carbocycles. The third kappa shape index (κ3) is 4.30. The first kappa shape index (κ1) is 21.0. The molecule has 10 heteroatoms. The lowest BCUT2D eigenvalue weighted by Gasteiger charge is -2.22. The van der Waals surface area contributed by atoms with E-state index in [-0.39, 0.29) is 23.3 Å². The molecule has 0 spiro atoms. The van der Waals surface area contributed by atoms with E-state index < -0.39 is 22.0 Å². The zero-order valence-electron chi connectivity index (χ0n) is 17.1. The molecule has 1 aliphatic heterocycles. The Morgan fingerprint density at radius 2 is 1.84 bits per heavy atom. The van der Waals surface area contributed by atoms with Crippen LogP contribution in [-0.2, 0) is 14.8 Å². The minimum absolute atomic E-state index is 0.0876. The minimum atomic E-state index is -3.79. The van der Waals surface area contributed by atoms with E-state index in [1.807, 2.05) is 6.92 Å². The summed E-state index contributed by atoms with van der Waals surface area (Å²) in [7, 11) is -2.22. The Balaban J connectivity index is 1.49. The molecule has 1 fully saturated rings. The second-order valence-electron chi connectivity index (χ2n) is 7.22. The molecule has 1 N–H and O–H groups in total. The zero-order valence-corrected chi connectivity index (χ0v) is 17.9. The Hall–Kier alpha value is -3.24. The molecular weight excluding hydrogens is 420 g/mol. The van der Waals surface area contributed by atoms with Gasteiger partial charge in [-0.1, -0.05) is 22.8 Å². The monoisotopic (exact) mass is 442 g/mol. The fourth-order valence-corrected chi connectivity index (χ4v) is 5.10. The quantitative estimate of drug-likeness (QED) is 0.624. The lowest BCUT2D eigenvalue weighted by atomic mass is 10.2. The first-order valence-electron chi connectivity index (χ1n) is 9.76. The molecule has 3 aromatic rings. The van der Waals surface area contributed by atoms with Gasteiger partial charge in [0, 0.05) is 12.1 Å². The van der Waals surface area contributed by atoms with Crippen LogP contribution in [0.15, 0.2) is 57.8 Å². The van der Waals surface area contributed by atoms with Gasteiger partial charge in [-0.05, 0) is 56.2 Å². The van der Waals surface area contributed by atoms with Crippen molar-refractivity contribution in [2.24, 2.45) is 0 Å². The van der Waals surface area contributed by atoms with Crippen molar-refractivity contribution >= 4 is 21.9 Å². The van der Waals surface area contributed by atoms with Crippen LogP contribution in [0.5, 0.6) is 5.75 Å². The lowest BCUT2D eigenvalue weighted by molar-refractivity contribution is -0.119. The Kier molecular flexibility index (Phi) is 5.75. The average Bonchev–Trinajstić information content (AvgIpc) is 3.44. The van der Waals surface area contributed by atoms with E-state index in [4.69, 9.17) is 9.15 Å². The maximum atomic E-state index is 13.0. The number of carbonyl (C=O) groups excluding carboxylic acids is 1. The number of carbonyl (C=O) groups is 1. The molecule has 2 aromatic carbocycles. The van der Waals surface area contributed by atoms with E-state index in [1.54, 1.807) is 55.6 Å². The summed E-state index contributed by atoms with van der Waals surface area (Å²) < 4.78 is 38.0. The van der Waals surface area contributed by atoms with E-state index in [9.17, 15) is 13.2 Å². The molecule has 1 unspecified atom stereocenters. The van der Waals surface area contributed by atoms with Crippen molar-refractivity contribution in [2.45, 2.75) is 30.7 Å². The second-order valence-corrected chi connectivity index (χ2v) is 9.11. The summed E-state index contributed by atoms with van der Waals surface area (Å²) in [5.74, 6) is 0.416. The predicted octanol–water partition coefficient (Wildman–Crippen LogP) is 2.85. The molecular formula is C21H22N4O5S. The largest absolute Gasteiger partial charge is 0.497 e. The third-order valence-electron chi connectivity index (χ3n) is 5.13. The molecule has 9 nitrogen and oxygen atoms in total. The summed E-state index contributed by atoms with van der Waals surface area (Å²) in [5.41, 5.74) is 1.62. The minimum Gasteiger partial charge on any atom is -0.497 e. The fourth-order valence-electron chi connectivity index (χ4n) is 3.45. The van der Waals surface area contributed by atoms with Gasteiger partial charge in [0.25, 0.3) is 0 Å². The number of nitrogens with zero attached hydrogens (tertiary/aromatic N) is 3. The Bertz CT molecular complexity index is 1170. The van der Waals surface area contributed by atoms with Gasteiger partial charge >= 0.3 is 6.01 Å². The number of aryl methyl sites for hydroxylation is 1. The number of benzene rings is 2. The van der Waals surface area contributed by atoms with Crippen LogP contribution >= 0.6 is 0 Å². The van der Waals surface area contributed by atoms with Gasteiger partial charge in [0.15, 0.2) is 0 Å². The van der Waals surface area contributed by atoms with Crippen molar-refractivity contribution in [3.05, 3.63) is 54.1 Å². The van der Waals surface area contributed by atoms with Crippen LogP contribution in [0.25, 0.3) is 11.5 Å². The van der Waals surface area contributed by atoms with E-state index in [2.05, 4.69) is 15.5 Å². The van der Waals surface area contributed by atoms with Gasteiger partial charge < -0.3 is 9.15 Å². The van der Waals surface area contributed by atoms with Crippen LogP contribution in [-0.4, -0.2) is 48.5 Å². The summed E-state index contributed by atoms with van der Waals surface area (Å²) in [6.07, 6.45) is 1.00. The highest BCUT2D eigenvalue weighted by Crippen LogP contribution is 2.28. The molecule has 1 aliphatic rings. The van der Waals surface area contributed by atoms with Crippen LogP contribution < -0.4 is 10.1 Å². The Morgan fingerprint density at radius 3 is 2.52 bits per heavy atom. The molecule has 1 saturated heterocycles. The topological polar surface area (TPSA) is 115 Å². The van der Waals surface area contributed by atoms with Crippen molar-refractivity contribution in [1.82, 2.24) is 14.5 Å². The van der Waals surface area contributed by atoms with Gasteiger partial charge in [0.05, 0.1) is 12.0 Å². The predicted molar refractivity (Wildman–Crippen MR) is 113 cm³/mol. The summed E-state index contributed by atoms with van der Waals surface area (Å²) in [5, 5.41) is 10.3. The smallest absolute Gasteiger partial charge is 0.322 e. The number of rotatable bonds is 6. The summed E-state index contributed by atoms with van der Waals surface area (Å²) in [6, 6.07) is 12.7. The van der Waals surface area contributed by atoms with E-state index in [1.165, 1.54) is 4.31 Å².